The lowest BCUT2D eigenvalue weighted by Gasteiger charge is -2.17. The standard InChI is InChI=1S/C11H10ClFN2O/c1-2-15(6-5-14)11(16)9-4-3-8(13)7-10(9)12/h3-4,7H,2,6H2,1H3. The summed E-state index contributed by atoms with van der Waals surface area (Å²) in [5.41, 5.74) is 0.208. The van der Waals surface area contributed by atoms with E-state index in [1.807, 2.05) is 6.07 Å². The van der Waals surface area contributed by atoms with Crippen molar-refractivity contribution < 1.29 is 9.18 Å². The highest BCUT2D eigenvalue weighted by molar-refractivity contribution is 6.33. The first-order chi connectivity index (χ1) is 7.60. The Morgan fingerprint density at radius 1 is 1.62 bits per heavy atom. The molecule has 0 bridgehead atoms. The van der Waals surface area contributed by atoms with Gasteiger partial charge < -0.3 is 4.90 Å². The number of carbonyl (C=O) groups is 1. The molecule has 0 saturated carbocycles. The topological polar surface area (TPSA) is 44.1 Å². The summed E-state index contributed by atoms with van der Waals surface area (Å²) < 4.78 is 12.8. The maximum Gasteiger partial charge on any atom is 0.256 e. The maximum atomic E-state index is 12.8. The molecule has 0 aromatic heterocycles. The highest BCUT2D eigenvalue weighted by Crippen LogP contribution is 2.18. The van der Waals surface area contributed by atoms with Crippen molar-refractivity contribution in [1.82, 2.24) is 4.90 Å². The van der Waals surface area contributed by atoms with Gasteiger partial charge in [0.05, 0.1) is 16.7 Å². The fraction of sp³-hybridized carbons (Fsp3) is 0.273. The number of nitrogens with zero attached hydrogens (tertiary/aromatic N) is 2. The molecule has 0 spiro atoms. The Morgan fingerprint density at radius 3 is 2.81 bits per heavy atom. The Kier molecular flexibility index (Phi) is 4.27. The average Bonchev–Trinajstić information content (AvgIpc) is 2.25. The number of amides is 1. The van der Waals surface area contributed by atoms with Gasteiger partial charge in [-0.3, -0.25) is 4.79 Å². The van der Waals surface area contributed by atoms with Gasteiger partial charge in [-0.2, -0.15) is 5.26 Å². The number of hydrogen-bond acceptors (Lipinski definition) is 2. The summed E-state index contributed by atoms with van der Waals surface area (Å²) >= 11 is 5.76. The van der Waals surface area contributed by atoms with Gasteiger partial charge in [0, 0.05) is 6.54 Å². The van der Waals surface area contributed by atoms with Crippen LogP contribution in [0.5, 0.6) is 0 Å². The van der Waals surface area contributed by atoms with E-state index in [4.69, 9.17) is 16.9 Å². The van der Waals surface area contributed by atoms with E-state index in [0.29, 0.717) is 6.54 Å². The molecule has 0 radical (unpaired) electrons. The number of carbonyl (C=O) groups excluding carboxylic acids is 1. The Labute approximate surface area is 98.0 Å². The van der Waals surface area contributed by atoms with E-state index in [0.717, 1.165) is 6.07 Å². The van der Waals surface area contributed by atoms with Gasteiger partial charge in [-0.05, 0) is 25.1 Å². The van der Waals surface area contributed by atoms with Crippen LogP contribution in [0.15, 0.2) is 18.2 Å². The lowest BCUT2D eigenvalue weighted by atomic mass is 10.2. The van der Waals surface area contributed by atoms with Gasteiger partial charge in [0.15, 0.2) is 0 Å². The molecular formula is C11H10ClFN2O. The van der Waals surface area contributed by atoms with E-state index < -0.39 is 5.82 Å². The molecule has 0 aliphatic carbocycles. The first-order valence-corrected chi connectivity index (χ1v) is 5.09. The Bertz CT molecular complexity index is 442. The van der Waals surface area contributed by atoms with Crippen LogP contribution in [0.1, 0.15) is 17.3 Å². The molecule has 1 amide bonds. The monoisotopic (exact) mass is 240 g/mol. The van der Waals surface area contributed by atoms with Crippen LogP contribution in [0.4, 0.5) is 4.39 Å². The van der Waals surface area contributed by atoms with Gasteiger partial charge in [-0.25, -0.2) is 4.39 Å². The van der Waals surface area contributed by atoms with Crippen LogP contribution in [0.2, 0.25) is 5.02 Å². The van der Waals surface area contributed by atoms with E-state index in [2.05, 4.69) is 0 Å². The molecule has 0 fully saturated rings. The summed E-state index contributed by atoms with van der Waals surface area (Å²) in [4.78, 5) is 13.2. The van der Waals surface area contributed by atoms with E-state index >= 15 is 0 Å². The molecule has 0 unspecified atom stereocenters. The molecule has 0 aliphatic rings. The second-order valence-electron chi connectivity index (χ2n) is 3.10. The summed E-state index contributed by atoms with van der Waals surface area (Å²) in [5.74, 6) is -0.862. The number of halogens is 2. The lowest BCUT2D eigenvalue weighted by molar-refractivity contribution is 0.0784. The predicted octanol–water partition coefficient (Wildman–Crippen LogP) is 2.46. The van der Waals surface area contributed by atoms with Crippen molar-refractivity contribution in [1.29, 1.82) is 5.26 Å². The zero-order valence-corrected chi connectivity index (χ0v) is 9.46. The van der Waals surface area contributed by atoms with Crippen LogP contribution in [0, 0.1) is 17.1 Å². The third-order valence-corrected chi connectivity index (χ3v) is 2.40. The van der Waals surface area contributed by atoms with Crippen LogP contribution in [0.25, 0.3) is 0 Å². The quantitative estimate of drug-likeness (QED) is 0.762. The molecule has 1 aromatic rings. The summed E-state index contributed by atoms with van der Waals surface area (Å²) in [6.45, 7) is 2.15. The van der Waals surface area contributed by atoms with E-state index in [1.165, 1.54) is 17.0 Å². The fourth-order valence-corrected chi connectivity index (χ4v) is 1.49. The molecule has 1 aromatic carbocycles. The third-order valence-electron chi connectivity index (χ3n) is 2.09. The molecule has 0 atom stereocenters. The third kappa shape index (κ3) is 2.71. The van der Waals surface area contributed by atoms with Crippen molar-refractivity contribution in [2.24, 2.45) is 0 Å². The van der Waals surface area contributed by atoms with Gasteiger partial charge in [-0.1, -0.05) is 11.6 Å². The van der Waals surface area contributed by atoms with E-state index in [1.54, 1.807) is 6.92 Å². The molecule has 5 heteroatoms. The van der Waals surface area contributed by atoms with Gasteiger partial charge in [0.25, 0.3) is 5.91 Å². The Balaban J connectivity index is 3.00. The maximum absolute atomic E-state index is 12.8. The van der Waals surface area contributed by atoms with Crippen molar-refractivity contribution >= 4 is 17.5 Å². The number of benzene rings is 1. The molecular weight excluding hydrogens is 231 g/mol. The predicted molar refractivity (Wildman–Crippen MR) is 58.6 cm³/mol. The Hall–Kier alpha value is -1.60. The average molecular weight is 241 g/mol. The van der Waals surface area contributed by atoms with Gasteiger partial charge in [-0.15, -0.1) is 0 Å². The zero-order valence-electron chi connectivity index (χ0n) is 8.70. The smallest absolute Gasteiger partial charge is 0.256 e. The largest absolute Gasteiger partial charge is 0.326 e. The van der Waals surface area contributed by atoms with Gasteiger partial charge in [0.1, 0.15) is 12.4 Å². The highest BCUT2D eigenvalue weighted by Gasteiger charge is 2.16. The summed E-state index contributed by atoms with van der Waals surface area (Å²) in [6.07, 6.45) is 0. The second-order valence-corrected chi connectivity index (χ2v) is 3.51. The van der Waals surface area contributed by atoms with Crippen molar-refractivity contribution in [3.05, 3.63) is 34.6 Å². The number of rotatable bonds is 3. The molecule has 1 rings (SSSR count). The molecule has 3 nitrogen and oxygen atoms in total. The molecule has 16 heavy (non-hydrogen) atoms. The minimum absolute atomic E-state index is 0.0109. The number of hydrogen-bond donors (Lipinski definition) is 0. The fourth-order valence-electron chi connectivity index (χ4n) is 1.25. The second kappa shape index (κ2) is 5.47. The van der Waals surface area contributed by atoms with Crippen LogP contribution in [0.3, 0.4) is 0 Å². The SMILES string of the molecule is CCN(CC#N)C(=O)c1ccc(F)cc1Cl. The minimum Gasteiger partial charge on any atom is -0.326 e. The highest BCUT2D eigenvalue weighted by atomic mass is 35.5. The van der Waals surface area contributed by atoms with Crippen molar-refractivity contribution in [3.63, 3.8) is 0 Å². The van der Waals surface area contributed by atoms with E-state index in [9.17, 15) is 9.18 Å². The van der Waals surface area contributed by atoms with Gasteiger partial charge >= 0.3 is 0 Å². The first kappa shape index (κ1) is 12.5. The van der Waals surface area contributed by atoms with Crippen LogP contribution >= 0.6 is 11.6 Å². The first-order valence-electron chi connectivity index (χ1n) is 4.71. The molecule has 84 valence electrons. The van der Waals surface area contributed by atoms with Crippen molar-refractivity contribution in [3.8, 4) is 6.07 Å². The molecule has 0 saturated heterocycles. The summed E-state index contributed by atoms with van der Waals surface area (Å²) in [7, 11) is 0. The zero-order chi connectivity index (χ0) is 12.1. The summed E-state index contributed by atoms with van der Waals surface area (Å²) in [6, 6.07) is 5.45. The Morgan fingerprint density at radius 2 is 2.31 bits per heavy atom. The van der Waals surface area contributed by atoms with E-state index in [-0.39, 0.29) is 23.0 Å². The van der Waals surface area contributed by atoms with Crippen LogP contribution < -0.4 is 0 Å². The molecule has 0 heterocycles. The lowest BCUT2D eigenvalue weighted by Crippen LogP contribution is -2.31. The minimum atomic E-state index is -0.495. The van der Waals surface area contributed by atoms with Crippen molar-refractivity contribution in [2.45, 2.75) is 6.92 Å². The number of nitriles is 1. The normalized spacial score (nSPS) is 9.62. The van der Waals surface area contributed by atoms with Crippen LogP contribution in [-0.2, 0) is 0 Å². The molecule has 0 aliphatic heterocycles. The van der Waals surface area contributed by atoms with Crippen LogP contribution in [-0.4, -0.2) is 23.9 Å². The summed E-state index contributed by atoms with van der Waals surface area (Å²) in [5, 5.41) is 8.60. The van der Waals surface area contributed by atoms with Crippen molar-refractivity contribution in [2.75, 3.05) is 13.1 Å². The van der Waals surface area contributed by atoms with Gasteiger partial charge in [0.2, 0.25) is 0 Å². The molecule has 0 N–H and O–H groups in total.